The quantitative estimate of drug-likeness (QED) is 0.279. The van der Waals surface area contributed by atoms with Crippen LogP contribution in [0.3, 0.4) is 0 Å². The molecule has 1 amide bonds. The maximum absolute atomic E-state index is 13.3. The van der Waals surface area contributed by atoms with E-state index < -0.39 is 0 Å². The van der Waals surface area contributed by atoms with Gasteiger partial charge in [0.2, 0.25) is 11.7 Å². The van der Waals surface area contributed by atoms with Gasteiger partial charge >= 0.3 is 0 Å². The highest BCUT2D eigenvalue weighted by atomic mass is 32.1. The van der Waals surface area contributed by atoms with E-state index >= 15 is 0 Å². The molecule has 3 aromatic rings. The number of pyridine rings is 1. The van der Waals surface area contributed by atoms with Gasteiger partial charge in [-0.05, 0) is 68.8 Å². The lowest BCUT2D eigenvalue weighted by Gasteiger charge is -2.18. The number of amidine groups is 1. The summed E-state index contributed by atoms with van der Waals surface area (Å²) in [5.41, 5.74) is 3.91. The van der Waals surface area contributed by atoms with Crippen molar-refractivity contribution in [2.45, 2.75) is 45.6 Å². The van der Waals surface area contributed by atoms with Gasteiger partial charge in [0.15, 0.2) is 0 Å². The molecule has 0 aliphatic carbocycles. The van der Waals surface area contributed by atoms with Crippen LogP contribution in [-0.4, -0.2) is 62.0 Å². The van der Waals surface area contributed by atoms with Crippen molar-refractivity contribution in [2.24, 2.45) is 0 Å². The van der Waals surface area contributed by atoms with E-state index in [0.29, 0.717) is 23.9 Å². The summed E-state index contributed by atoms with van der Waals surface area (Å²) >= 11 is 1.01. The maximum Gasteiger partial charge on any atom is 0.296 e. The first-order valence-electron chi connectivity index (χ1n) is 11.9. The minimum atomic E-state index is -0.304. The van der Waals surface area contributed by atoms with E-state index in [1.165, 1.54) is 6.20 Å². The Labute approximate surface area is 212 Å². The van der Waals surface area contributed by atoms with Gasteiger partial charge in [-0.15, -0.1) is 0 Å². The molecule has 0 bridgehead atoms. The smallest absolute Gasteiger partial charge is 0.296 e. The Morgan fingerprint density at radius 1 is 1.36 bits per heavy atom. The van der Waals surface area contributed by atoms with E-state index in [0.717, 1.165) is 66.5 Å². The van der Waals surface area contributed by atoms with Gasteiger partial charge in [0.25, 0.3) is 5.91 Å². The molecule has 0 saturated carbocycles. The number of rotatable bonds is 7. The number of hydrogen-bond donors (Lipinski definition) is 4. The molecule has 11 nitrogen and oxygen atoms in total. The van der Waals surface area contributed by atoms with Crippen LogP contribution >= 0.6 is 11.5 Å². The van der Waals surface area contributed by atoms with Crippen LogP contribution in [0.4, 0.5) is 16.5 Å². The van der Waals surface area contributed by atoms with Crippen molar-refractivity contribution in [1.82, 2.24) is 24.6 Å². The number of aryl methyl sites for hydroxylation is 2. The average Bonchev–Trinajstić information content (AvgIpc) is 3.59. The largest absolute Gasteiger partial charge is 0.492 e. The number of carbonyl (C=O) groups is 1. The van der Waals surface area contributed by atoms with E-state index in [4.69, 9.17) is 10.1 Å². The van der Waals surface area contributed by atoms with Crippen LogP contribution in [-0.2, 0) is 11.2 Å². The van der Waals surface area contributed by atoms with Gasteiger partial charge in [0.05, 0.1) is 17.5 Å². The molecule has 5 rings (SSSR count). The van der Waals surface area contributed by atoms with Crippen LogP contribution in [0.15, 0.2) is 18.3 Å². The Bertz CT molecular complexity index is 1300. The predicted molar refractivity (Wildman–Crippen MR) is 137 cm³/mol. The molecule has 3 aromatic heterocycles. The summed E-state index contributed by atoms with van der Waals surface area (Å²) in [6, 6.07) is 3.63. The molecule has 1 fully saturated rings. The first-order valence-corrected chi connectivity index (χ1v) is 12.7. The normalized spacial score (nSPS) is 16.7. The third-order valence-corrected chi connectivity index (χ3v) is 7.05. The molecule has 0 spiro atoms. The number of aromatic hydroxyl groups is 1. The highest BCUT2D eigenvalue weighted by Gasteiger charge is 2.30. The third kappa shape index (κ3) is 4.86. The monoisotopic (exact) mass is 508 g/mol. The number of hydrogen-bond acceptors (Lipinski definition) is 10. The second-order valence-corrected chi connectivity index (χ2v) is 9.66. The fourth-order valence-corrected chi connectivity index (χ4v) is 5.39. The number of nitrogens with one attached hydrogen (secondary N) is 3. The number of amides is 1. The van der Waals surface area contributed by atoms with Gasteiger partial charge in [0, 0.05) is 31.6 Å². The Hall–Kier alpha value is -3.64. The van der Waals surface area contributed by atoms with Crippen molar-refractivity contribution in [3.63, 3.8) is 0 Å². The van der Waals surface area contributed by atoms with E-state index in [-0.39, 0.29) is 35.1 Å². The molecular formula is C24H28N8O3S. The lowest BCUT2D eigenvalue weighted by Crippen LogP contribution is -2.31. The topological polar surface area (TPSA) is 149 Å². The van der Waals surface area contributed by atoms with Crippen LogP contribution in [0.25, 0.3) is 0 Å². The minimum absolute atomic E-state index is 0.0490. The SMILES string of the molecule is Cc1cc2c(c(C)n1)N(C(=O)c1nccc(Nc3snc(O)c3C(=N)NCCC3CCCO3)n1)CC2. The average molecular weight is 509 g/mol. The zero-order valence-corrected chi connectivity index (χ0v) is 21.0. The first-order chi connectivity index (χ1) is 17.4. The molecule has 36 heavy (non-hydrogen) atoms. The molecule has 2 aliphatic rings. The van der Waals surface area contributed by atoms with Crippen molar-refractivity contribution < 1.29 is 14.6 Å². The summed E-state index contributed by atoms with van der Waals surface area (Å²) < 4.78 is 9.60. The standard InChI is InChI=1S/C24H28N8O3S/c1-13-12-15-7-10-32(19(15)14(2)28-13)24(34)21-27-9-6-17(29-21)30-23-18(22(33)31-36-23)20(25)26-8-5-16-4-3-11-35-16/h6,9,12,16H,3-5,7-8,10-11H2,1-2H3,(H2,25,26)(H,31,33)(H,27,29,30). The fourth-order valence-electron chi connectivity index (χ4n) is 4.69. The summed E-state index contributed by atoms with van der Waals surface area (Å²) in [5, 5.41) is 25.2. The highest BCUT2D eigenvalue weighted by molar-refractivity contribution is 7.11. The lowest BCUT2D eigenvalue weighted by atomic mass is 10.1. The molecule has 188 valence electrons. The molecule has 0 radical (unpaired) electrons. The third-order valence-electron chi connectivity index (χ3n) is 6.30. The molecule has 4 N–H and O–H groups in total. The van der Waals surface area contributed by atoms with Gasteiger partial charge in [-0.3, -0.25) is 15.2 Å². The number of anilines is 3. The highest BCUT2D eigenvalue weighted by Crippen LogP contribution is 2.33. The number of ether oxygens (including phenoxy) is 1. The van der Waals surface area contributed by atoms with Crippen LogP contribution in [0.2, 0.25) is 0 Å². The molecule has 12 heteroatoms. The fraction of sp³-hybridized carbons (Fsp3) is 0.417. The summed E-state index contributed by atoms with van der Waals surface area (Å²) in [7, 11) is 0. The van der Waals surface area contributed by atoms with E-state index in [1.54, 1.807) is 11.0 Å². The van der Waals surface area contributed by atoms with Crippen LogP contribution in [0, 0.1) is 19.3 Å². The zero-order valence-electron chi connectivity index (χ0n) is 20.2. The Balaban J connectivity index is 1.30. The second kappa shape index (κ2) is 10.2. The van der Waals surface area contributed by atoms with Gasteiger partial charge in [-0.25, -0.2) is 9.97 Å². The van der Waals surface area contributed by atoms with Crippen molar-refractivity contribution in [3.8, 4) is 5.88 Å². The van der Waals surface area contributed by atoms with Gasteiger partial charge in [-0.2, -0.15) is 4.37 Å². The predicted octanol–water partition coefficient (Wildman–Crippen LogP) is 3.08. The second-order valence-electron chi connectivity index (χ2n) is 8.89. The first kappa shape index (κ1) is 24.1. The molecule has 1 atom stereocenters. The van der Waals surface area contributed by atoms with E-state index in [2.05, 4.69) is 30.0 Å². The lowest BCUT2D eigenvalue weighted by molar-refractivity contribution is 0.0979. The summed E-state index contributed by atoms with van der Waals surface area (Å²) in [6.45, 7) is 5.73. The van der Waals surface area contributed by atoms with Crippen molar-refractivity contribution >= 4 is 39.8 Å². The maximum atomic E-state index is 13.3. The van der Waals surface area contributed by atoms with Crippen molar-refractivity contribution in [2.75, 3.05) is 29.9 Å². The van der Waals surface area contributed by atoms with E-state index in [1.807, 2.05) is 19.9 Å². The van der Waals surface area contributed by atoms with Crippen molar-refractivity contribution in [1.29, 1.82) is 5.41 Å². The number of fused-ring (bicyclic) bond motifs is 1. The van der Waals surface area contributed by atoms with Crippen LogP contribution < -0.4 is 15.5 Å². The molecule has 0 aromatic carbocycles. The number of carbonyl (C=O) groups excluding carboxylic acids is 1. The molecule has 5 heterocycles. The molecule has 1 saturated heterocycles. The minimum Gasteiger partial charge on any atom is -0.492 e. The Kier molecular flexibility index (Phi) is 6.79. The summed E-state index contributed by atoms with van der Waals surface area (Å²) in [4.78, 5) is 28.1. The Morgan fingerprint density at radius 3 is 3.03 bits per heavy atom. The molecular weight excluding hydrogens is 480 g/mol. The number of nitrogens with zero attached hydrogens (tertiary/aromatic N) is 5. The molecule has 1 unspecified atom stereocenters. The van der Waals surface area contributed by atoms with Gasteiger partial charge in [-0.1, -0.05) is 0 Å². The zero-order chi connectivity index (χ0) is 25.2. The summed E-state index contributed by atoms with van der Waals surface area (Å²) in [6.07, 6.45) is 5.35. The summed E-state index contributed by atoms with van der Waals surface area (Å²) in [5.74, 6) is -0.0769. The van der Waals surface area contributed by atoms with Crippen LogP contribution in [0.5, 0.6) is 5.88 Å². The van der Waals surface area contributed by atoms with Crippen LogP contribution in [0.1, 0.15) is 52.4 Å². The number of aromatic nitrogens is 4. The van der Waals surface area contributed by atoms with E-state index in [9.17, 15) is 9.90 Å². The Morgan fingerprint density at radius 2 is 2.22 bits per heavy atom. The van der Waals surface area contributed by atoms with Gasteiger partial charge < -0.3 is 25.4 Å². The van der Waals surface area contributed by atoms with Crippen molar-refractivity contribution in [3.05, 3.63) is 46.7 Å². The molecule has 2 aliphatic heterocycles. The van der Waals surface area contributed by atoms with Gasteiger partial charge in [0.1, 0.15) is 22.2 Å².